The summed E-state index contributed by atoms with van der Waals surface area (Å²) in [7, 11) is 3.50. The number of amides is 3. The second-order valence-corrected chi connectivity index (χ2v) is 5.22. The first kappa shape index (κ1) is 18.0. The van der Waals surface area contributed by atoms with E-state index in [4.69, 9.17) is 4.74 Å². The molecule has 0 aliphatic rings. The summed E-state index contributed by atoms with van der Waals surface area (Å²) in [5.74, 6) is 0.515. The molecule has 0 unspecified atom stereocenters. The van der Waals surface area contributed by atoms with Gasteiger partial charge in [-0.25, -0.2) is 4.79 Å². The SMILES string of the molecule is CCNC(=O)NC(=O)CN(C)[C@@H](C)Cc1ccc(OC)cc1. The molecule has 0 heterocycles. The number of hydrogen-bond acceptors (Lipinski definition) is 4. The highest BCUT2D eigenvalue weighted by molar-refractivity contribution is 5.95. The van der Waals surface area contributed by atoms with Gasteiger partial charge in [-0.05, 0) is 45.0 Å². The third-order valence-corrected chi connectivity index (χ3v) is 3.43. The molecule has 1 rings (SSSR count). The van der Waals surface area contributed by atoms with Crippen molar-refractivity contribution < 1.29 is 14.3 Å². The zero-order valence-electron chi connectivity index (χ0n) is 13.7. The highest BCUT2D eigenvalue weighted by atomic mass is 16.5. The number of imide groups is 1. The van der Waals surface area contributed by atoms with Gasteiger partial charge >= 0.3 is 6.03 Å². The average Bonchev–Trinajstić information content (AvgIpc) is 2.47. The van der Waals surface area contributed by atoms with Crippen molar-refractivity contribution in [3.05, 3.63) is 29.8 Å². The fraction of sp³-hybridized carbons (Fsp3) is 0.500. The van der Waals surface area contributed by atoms with Gasteiger partial charge in [-0.15, -0.1) is 0 Å². The Morgan fingerprint density at radius 1 is 1.27 bits per heavy atom. The lowest BCUT2D eigenvalue weighted by molar-refractivity contribution is -0.121. The zero-order chi connectivity index (χ0) is 16.5. The molecule has 1 aromatic rings. The Balaban J connectivity index is 2.45. The number of nitrogens with one attached hydrogen (secondary N) is 2. The molecule has 0 saturated carbocycles. The van der Waals surface area contributed by atoms with E-state index in [1.54, 1.807) is 14.0 Å². The van der Waals surface area contributed by atoms with E-state index in [0.717, 1.165) is 12.2 Å². The van der Waals surface area contributed by atoms with Crippen LogP contribution in [0.5, 0.6) is 5.75 Å². The summed E-state index contributed by atoms with van der Waals surface area (Å²) in [5, 5.41) is 4.83. The van der Waals surface area contributed by atoms with Crippen LogP contribution in [0.3, 0.4) is 0 Å². The molecule has 0 aromatic heterocycles. The van der Waals surface area contributed by atoms with Crippen molar-refractivity contribution >= 4 is 11.9 Å². The quantitative estimate of drug-likeness (QED) is 0.799. The summed E-state index contributed by atoms with van der Waals surface area (Å²) < 4.78 is 5.13. The van der Waals surface area contributed by atoms with E-state index in [1.165, 1.54) is 5.56 Å². The van der Waals surface area contributed by atoms with Crippen LogP contribution in [0.2, 0.25) is 0 Å². The zero-order valence-corrected chi connectivity index (χ0v) is 13.7. The molecule has 1 aromatic carbocycles. The van der Waals surface area contributed by atoms with Crippen LogP contribution in [0.25, 0.3) is 0 Å². The molecule has 0 radical (unpaired) electrons. The third-order valence-electron chi connectivity index (χ3n) is 3.43. The molecule has 1 atom stereocenters. The van der Waals surface area contributed by atoms with Crippen LogP contribution in [0, 0.1) is 0 Å². The lowest BCUT2D eigenvalue weighted by Gasteiger charge is -2.24. The van der Waals surface area contributed by atoms with E-state index in [9.17, 15) is 9.59 Å². The second-order valence-electron chi connectivity index (χ2n) is 5.22. The summed E-state index contributed by atoms with van der Waals surface area (Å²) in [5.41, 5.74) is 1.17. The summed E-state index contributed by atoms with van der Waals surface area (Å²) in [6.45, 7) is 4.51. The van der Waals surface area contributed by atoms with E-state index >= 15 is 0 Å². The van der Waals surface area contributed by atoms with Crippen molar-refractivity contribution in [3.63, 3.8) is 0 Å². The lowest BCUT2D eigenvalue weighted by Crippen LogP contribution is -2.45. The number of hydrogen-bond donors (Lipinski definition) is 2. The minimum absolute atomic E-state index is 0.174. The molecule has 0 fully saturated rings. The van der Waals surface area contributed by atoms with Crippen molar-refractivity contribution in [1.29, 1.82) is 0 Å². The first-order chi connectivity index (χ1) is 10.5. The van der Waals surface area contributed by atoms with E-state index < -0.39 is 6.03 Å². The Morgan fingerprint density at radius 2 is 1.91 bits per heavy atom. The Labute approximate surface area is 131 Å². The van der Waals surface area contributed by atoms with Gasteiger partial charge in [0.25, 0.3) is 0 Å². The number of rotatable bonds is 7. The smallest absolute Gasteiger partial charge is 0.321 e. The first-order valence-corrected chi connectivity index (χ1v) is 7.37. The molecule has 6 heteroatoms. The molecule has 22 heavy (non-hydrogen) atoms. The number of ether oxygens (including phenoxy) is 1. The van der Waals surface area contributed by atoms with Crippen LogP contribution in [0.4, 0.5) is 4.79 Å². The van der Waals surface area contributed by atoms with E-state index in [0.29, 0.717) is 6.54 Å². The predicted molar refractivity (Wildman–Crippen MR) is 86.0 cm³/mol. The van der Waals surface area contributed by atoms with Crippen LogP contribution in [-0.2, 0) is 11.2 Å². The standard InChI is InChI=1S/C16H25N3O3/c1-5-17-16(21)18-15(20)11-19(3)12(2)10-13-6-8-14(22-4)9-7-13/h6-9,12H,5,10-11H2,1-4H3,(H2,17,18,20,21)/t12-/m0/s1. The van der Waals surface area contributed by atoms with Crippen LogP contribution >= 0.6 is 0 Å². The molecule has 0 aliphatic heterocycles. The third kappa shape index (κ3) is 6.13. The molecule has 0 spiro atoms. The van der Waals surface area contributed by atoms with Crippen LogP contribution < -0.4 is 15.4 Å². The highest BCUT2D eigenvalue weighted by Gasteiger charge is 2.15. The van der Waals surface area contributed by atoms with Gasteiger partial charge in [0.2, 0.25) is 5.91 Å². The van der Waals surface area contributed by atoms with Gasteiger partial charge in [-0.2, -0.15) is 0 Å². The monoisotopic (exact) mass is 307 g/mol. The maximum atomic E-state index is 11.7. The second kappa shape index (κ2) is 9.04. The maximum Gasteiger partial charge on any atom is 0.321 e. The van der Waals surface area contributed by atoms with Crippen LogP contribution in [0.15, 0.2) is 24.3 Å². The Hall–Kier alpha value is -2.08. The van der Waals surface area contributed by atoms with Crippen molar-refractivity contribution in [1.82, 2.24) is 15.5 Å². The molecule has 0 bridgehead atoms. The maximum absolute atomic E-state index is 11.7. The van der Waals surface area contributed by atoms with Gasteiger partial charge in [-0.1, -0.05) is 12.1 Å². The van der Waals surface area contributed by atoms with Crippen molar-refractivity contribution in [2.45, 2.75) is 26.3 Å². The van der Waals surface area contributed by atoms with Gasteiger partial charge in [0.05, 0.1) is 13.7 Å². The van der Waals surface area contributed by atoms with Gasteiger partial charge in [-0.3, -0.25) is 15.0 Å². The fourth-order valence-corrected chi connectivity index (χ4v) is 2.01. The Bertz CT molecular complexity index is 488. The Morgan fingerprint density at radius 3 is 2.45 bits per heavy atom. The number of methoxy groups -OCH3 is 1. The van der Waals surface area contributed by atoms with E-state index in [-0.39, 0.29) is 18.5 Å². The van der Waals surface area contributed by atoms with Crippen molar-refractivity contribution in [2.24, 2.45) is 0 Å². The van der Waals surface area contributed by atoms with Gasteiger partial charge < -0.3 is 10.1 Å². The van der Waals surface area contributed by atoms with Gasteiger partial charge in [0, 0.05) is 12.6 Å². The van der Waals surface area contributed by atoms with Gasteiger partial charge in [0.1, 0.15) is 5.75 Å². The minimum Gasteiger partial charge on any atom is -0.497 e. The summed E-state index contributed by atoms with van der Waals surface area (Å²) in [6.07, 6.45) is 0.814. The van der Waals surface area contributed by atoms with Crippen molar-refractivity contribution in [2.75, 3.05) is 27.2 Å². The summed E-state index contributed by atoms with van der Waals surface area (Å²) >= 11 is 0. The molecular weight excluding hydrogens is 282 g/mol. The largest absolute Gasteiger partial charge is 0.497 e. The minimum atomic E-state index is -0.455. The number of carbonyl (C=O) groups is 2. The number of likely N-dealkylation sites (N-methyl/N-ethyl adjacent to an activating group) is 1. The van der Waals surface area contributed by atoms with Crippen LogP contribution in [0.1, 0.15) is 19.4 Å². The van der Waals surface area contributed by atoms with E-state index in [2.05, 4.69) is 10.6 Å². The molecular formula is C16H25N3O3. The fourth-order valence-electron chi connectivity index (χ4n) is 2.01. The first-order valence-electron chi connectivity index (χ1n) is 7.37. The van der Waals surface area contributed by atoms with Crippen molar-refractivity contribution in [3.8, 4) is 5.75 Å². The Kier molecular flexibility index (Phi) is 7.39. The number of benzene rings is 1. The highest BCUT2D eigenvalue weighted by Crippen LogP contribution is 2.13. The average molecular weight is 307 g/mol. The lowest BCUT2D eigenvalue weighted by atomic mass is 10.1. The normalized spacial score (nSPS) is 11.9. The predicted octanol–water partition coefficient (Wildman–Crippen LogP) is 1.40. The number of urea groups is 1. The summed E-state index contributed by atoms with van der Waals surface area (Å²) in [4.78, 5) is 24.9. The topological polar surface area (TPSA) is 70.7 Å². The molecule has 2 N–H and O–H groups in total. The molecule has 6 nitrogen and oxygen atoms in total. The molecule has 0 aliphatic carbocycles. The molecule has 3 amide bonds. The molecule has 0 saturated heterocycles. The molecule has 122 valence electrons. The van der Waals surface area contributed by atoms with E-state index in [1.807, 2.05) is 43.1 Å². The van der Waals surface area contributed by atoms with Crippen LogP contribution in [-0.4, -0.2) is 50.1 Å². The number of nitrogens with zero attached hydrogens (tertiary/aromatic N) is 1. The number of carbonyl (C=O) groups excluding carboxylic acids is 2. The van der Waals surface area contributed by atoms with Gasteiger partial charge in [0.15, 0.2) is 0 Å². The summed E-state index contributed by atoms with van der Waals surface area (Å²) in [6, 6.07) is 7.58.